The van der Waals surface area contributed by atoms with Crippen molar-refractivity contribution in [1.82, 2.24) is 24.5 Å². The maximum absolute atomic E-state index is 8.81. The number of para-hydroxylation sites is 8. The van der Waals surface area contributed by atoms with E-state index in [9.17, 15) is 0 Å². The predicted octanol–water partition coefficient (Wildman–Crippen LogP) is 11.7. The molecule has 0 N–H and O–H groups in total. The number of fused-ring (bicyclic) bond motifs is 4. The van der Waals surface area contributed by atoms with Gasteiger partial charge in [0.15, 0.2) is 11.0 Å². The third-order valence-electron chi connectivity index (χ3n) is 15.5. The summed E-state index contributed by atoms with van der Waals surface area (Å²) < 4.78 is 12.3. The van der Waals surface area contributed by atoms with Gasteiger partial charge < -0.3 is 59.8 Å². The maximum atomic E-state index is 8.81. The van der Waals surface area contributed by atoms with Crippen LogP contribution in [0.3, 0.4) is 0 Å². The van der Waals surface area contributed by atoms with Gasteiger partial charge in [0, 0.05) is 102 Å². The van der Waals surface area contributed by atoms with Crippen molar-refractivity contribution in [2.24, 2.45) is 12.5 Å². The van der Waals surface area contributed by atoms with Gasteiger partial charge in [0.1, 0.15) is 29.0 Å². The maximum Gasteiger partial charge on any atom is 0.145 e. The number of benzene rings is 8. The van der Waals surface area contributed by atoms with Crippen LogP contribution in [-0.2, 0) is 91.7 Å². The molecule has 1 atom stereocenters. The second kappa shape index (κ2) is 47.6. The van der Waals surface area contributed by atoms with Gasteiger partial charge in [0.25, 0.3) is 0 Å². The van der Waals surface area contributed by atoms with Crippen LogP contribution in [0.1, 0.15) is 43.2 Å². The van der Waals surface area contributed by atoms with E-state index in [1.165, 1.54) is 182 Å². The number of nitrogens with zero attached hydrogens (tertiary/aromatic N) is 14. The summed E-state index contributed by atoms with van der Waals surface area (Å²) in [6.45, 7) is 6.03. The SMILES string of the molecule is C1=CC2(C1)C[CH-]CCC2.CN1[CH-]N(c2[c-]cc(C#N)cc2)c2ccccc21.C[n+]1cn(-c2ccc(C#N)cc2)c2ccccc21.[Ag].[Cl][Ir+2].[I-].[Ir].[K][K].[K][K].[O]=[Ag].[c-]1ccccc1N1[CH-]N(c2ccccc2)c2nccnc21.c1ccc(N2[CH-]N(c3ccccc3)c3nccnc32)cc1. The van der Waals surface area contributed by atoms with Crippen molar-refractivity contribution in [3.05, 3.63) is 299 Å². The normalized spacial score (nSPS) is 14.1. The number of hydrogen-bond acceptors (Lipinski definition) is 13. The van der Waals surface area contributed by atoms with Crippen LogP contribution in [0.2, 0.25) is 0 Å². The number of halogens is 2. The van der Waals surface area contributed by atoms with Crippen molar-refractivity contribution in [2.45, 2.75) is 32.1 Å². The minimum atomic E-state index is 0. The monoisotopic (exact) mass is 2070 g/mol. The van der Waals surface area contributed by atoms with Crippen LogP contribution < -0.4 is 57.9 Å². The third kappa shape index (κ3) is 23.5. The van der Waals surface area contributed by atoms with Gasteiger partial charge in [-0.15, -0.1) is 30.8 Å². The molecule has 1 unspecified atom stereocenters. The van der Waals surface area contributed by atoms with E-state index in [0.717, 1.165) is 74.3 Å². The first-order valence-corrected chi connectivity index (χ1v) is 66.6. The molecule has 5 aliphatic rings. The van der Waals surface area contributed by atoms with Crippen molar-refractivity contribution in [3.63, 3.8) is 0 Å². The van der Waals surface area contributed by atoms with Crippen LogP contribution in [0.4, 0.5) is 63.1 Å². The van der Waals surface area contributed by atoms with Gasteiger partial charge in [0.05, 0.1) is 18.7 Å². The second-order valence-electron chi connectivity index (χ2n) is 21.1. The molecule has 25 heteroatoms. The van der Waals surface area contributed by atoms with Crippen LogP contribution >= 0.6 is 9.58 Å². The number of imidazole rings is 1. The Kier molecular flexibility index (Phi) is 42.6. The Morgan fingerprint density at radius 2 is 1.03 bits per heavy atom. The molecule has 8 aromatic carbocycles. The average Bonchev–Trinajstić information content (AvgIpc) is 1.63. The molecular formula is C73H61Ag2ClIIr2K4N14O-4. The predicted molar refractivity (Wildman–Crippen MR) is 375 cm³/mol. The Balaban J connectivity index is 0.000000217. The quantitative estimate of drug-likeness (QED) is 0.0512. The Morgan fingerprint density at radius 1 is 0.571 bits per heavy atom. The Bertz CT molecular complexity index is 4010. The molecule has 15 nitrogen and oxygen atoms in total. The van der Waals surface area contributed by atoms with Crippen LogP contribution in [0, 0.1) is 66.6 Å². The van der Waals surface area contributed by atoms with Gasteiger partial charge in [-0.1, -0.05) is 103 Å². The minimum Gasteiger partial charge on any atom is -0.477 e. The van der Waals surface area contributed by atoms with Gasteiger partial charge in [-0.3, -0.25) is 0 Å². The van der Waals surface area contributed by atoms with Crippen LogP contribution in [0.25, 0.3) is 16.7 Å². The molecular weight excluding hydrogens is 2010 g/mol. The number of aromatic nitrogens is 6. The molecule has 98 heavy (non-hydrogen) atoms. The summed E-state index contributed by atoms with van der Waals surface area (Å²) in [5.74, 6) is 3.31. The summed E-state index contributed by atoms with van der Waals surface area (Å²) in [7, 11) is 8.69. The van der Waals surface area contributed by atoms with Gasteiger partial charge in [-0.05, 0) is 110 Å². The molecule has 11 aromatic rings. The van der Waals surface area contributed by atoms with E-state index in [4.69, 9.17) is 13.8 Å². The first kappa shape index (κ1) is 87.7. The van der Waals surface area contributed by atoms with E-state index >= 15 is 0 Å². The first-order chi connectivity index (χ1) is 46.9. The summed E-state index contributed by atoms with van der Waals surface area (Å²) >= 11 is 8.17. The summed E-state index contributed by atoms with van der Waals surface area (Å²) in [6, 6.07) is 78.3. The Morgan fingerprint density at radius 3 is 1.48 bits per heavy atom. The zero-order chi connectivity index (χ0) is 67.4. The third-order valence-corrected chi connectivity index (χ3v) is 15.5. The van der Waals surface area contributed by atoms with Gasteiger partial charge in [-0.25, -0.2) is 29.8 Å². The molecule has 3 aromatic heterocycles. The number of aryl methyl sites for hydroxylation is 1. The standard InChI is InChI=1S/C17H13N4.C17H12N4.C15H12N3.C15H11N3.C9H13.2Ag.ClH.HI.2Ir.4K.O/c2*1-3-7-14(8-4-1)20-13-21(15-9-5-2-6-10-15)17-16(20)18-11-12-19-17;2*1-17-11-18(15-5-3-2-4-14(15)17)13-8-6-12(10-16)7-9-13;1-2-5-9(6-3-1)7-4-8-9;;;;;;;;;;;/h1-13H;1-9,11-13H;2-9,11H,1H3;2-8,11H,1H3;2,4,7H,1,3,5-6,8H2;;;2*1H;;;;;;;/q-1;-2;+1;-2;-1;;;;;;+3;;;;;/p-2. The fraction of sp³-hybridized carbons (Fsp3) is 0.110. The van der Waals surface area contributed by atoms with E-state index < -0.39 is 0 Å². The Labute approximate surface area is 740 Å². The molecule has 491 valence electrons. The fourth-order valence-electron chi connectivity index (χ4n) is 11.0. The average molecular weight is 2070 g/mol. The summed E-state index contributed by atoms with van der Waals surface area (Å²) in [6.07, 6.45) is 23.0. The van der Waals surface area contributed by atoms with E-state index in [-0.39, 0.29) is 66.5 Å². The smallest absolute Gasteiger partial charge is 0.145 e. The number of allylic oxidation sites excluding steroid dienone is 2. The van der Waals surface area contributed by atoms with E-state index in [1.54, 1.807) is 58.0 Å². The largest absolute Gasteiger partial charge is 0.477 e. The molecule has 1 fully saturated rings. The number of rotatable bonds is 6. The van der Waals surface area contributed by atoms with Crippen molar-refractivity contribution in [1.29, 1.82) is 10.5 Å². The Hall–Kier alpha value is -0.945. The van der Waals surface area contributed by atoms with E-state index in [1.807, 2.05) is 196 Å². The molecule has 0 saturated heterocycles. The minimum absolute atomic E-state index is 0. The zero-order valence-corrected chi connectivity index (χ0v) is 77.9. The van der Waals surface area contributed by atoms with E-state index in [0.29, 0.717) is 16.5 Å². The number of anilines is 11. The zero-order valence-electron chi connectivity index (χ0n) is 54.7. The van der Waals surface area contributed by atoms with Gasteiger partial charge >= 0.3 is 178 Å². The molecule has 1 saturated carbocycles. The summed E-state index contributed by atoms with van der Waals surface area (Å²) in [5.41, 5.74) is 12.7. The van der Waals surface area contributed by atoms with E-state index in [2.05, 4.69) is 150 Å². The molecule has 6 heterocycles. The first-order valence-electron chi connectivity index (χ1n) is 31.1. The van der Waals surface area contributed by atoms with Gasteiger partial charge in [-0.2, -0.15) is 77.9 Å². The van der Waals surface area contributed by atoms with Crippen molar-refractivity contribution < 1.29 is 113 Å². The molecule has 0 amide bonds. The van der Waals surface area contributed by atoms with Crippen molar-refractivity contribution >= 4 is 210 Å². The molecule has 2 aliphatic carbocycles. The molecule has 16 rings (SSSR count). The molecule has 2 radical (unpaired) electrons. The summed E-state index contributed by atoms with van der Waals surface area (Å²) in [4.78, 5) is 30.2. The van der Waals surface area contributed by atoms with Crippen LogP contribution in [0.15, 0.2) is 250 Å². The van der Waals surface area contributed by atoms with Crippen molar-refractivity contribution in [2.75, 3.05) is 36.4 Å². The van der Waals surface area contributed by atoms with Crippen LogP contribution in [-0.4, -0.2) is 158 Å². The molecule has 0 bridgehead atoms. The summed E-state index contributed by atoms with van der Waals surface area (Å²) in [5, 5.41) is 17.6. The number of nitriles is 2. The van der Waals surface area contributed by atoms with Crippen molar-refractivity contribution in [3.8, 4) is 17.8 Å². The topological polar surface area (TPSA) is 144 Å². The van der Waals surface area contributed by atoms with Crippen LogP contribution in [0.5, 0.6) is 0 Å². The molecule has 3 aliphatic heterocycles. The second-order valence-corrected chi connectivity index (χ2v) is 21.1. The van der Waals surface area contributed by atoms with Gasteiger partial charge in [0.2, 0.25) is 6.33 Å². The molecule has 1 spiro atoms. The fourth-order valence-corrected chi connectivity index (χ4v) is 11.0. The number of hydrogen-bond donors (Lipinski definition) is 0.